The summed E-state index contributed by atoms with van der Waals surface area (Å²) in [5, 5.41) is 12.8. The maximum absolute atomic E-state index is 11.0. The lowest BCUT2D eigenvalue weighted by Gasteiger charge is -2.05. The van der Waals surface area contributed by atoms with E-state index < -0.39 is 5.97 Å². The minimum Gasteiger partial charge on any atom is -0.478 e. The van der Waals surface area contributed by atoms with Crippen LogP contribution in [0.4, 0.5) is 0 Å². The van der Waals surface area contributed by atoms with Crippen molar-refractivity contribution in [3.8, 4) is 21.1 Å². The average Bonchev–Trinajstić information content (AvgIpc) is 3.42. The zero-order chi connectivity index (χ0) is 22.8. The van der Waals surface area contributed by atoms with Crippen molar-refractivity contribution in [2.45, 2.75) is 13.5 Å². The van der Waals surface area contributed by atoms with E-state index in [0.29, 0.717) is 46.2 Å². The number of benzene rings is 1. The highest BCUT2D eigenvalue weighted by molar-refractivity contribution is 7.16. The maximum Gasteiger partial charge on any atom is 0.335 e. The van der Waals surface area contributed by atoms with Crippen LogP contribution in [-0.2, 0) is 25.6 Å². The minimum absolute atomic E-state index is 0.259. The Balaban J connectivity index is 1.46. The molecule has 0 saturated carbocycles. The number of aryl methyl sites for hydroxylation is 1. The lowest BCUT2D eigenvalue weighted by molar-refractivity contribution is 0.000843. The molecule has 0 radical (unpaired) electrons. The van der Waals surface area contributed by atoms with E-state index in [4.69, 9.17) is 29.0 Å². The van der Waals surface area contributed by atoms with E-state index in [1.807, 2.05) is 12.3 Å². The summed E-state index contributed by atoms with van der Waals surface area (Å²) in [5.74, 6) is -0.940. The lowest BCUT2D eigenvalue weighted by atomic mass is 10.1. The molecule has 3 aromatic rings. The minimum atomic E-state index is -0.940. The first-order chi connectivity index (χ1) is 15.6. The summed E-state index contributed by atoms with van der Waals surface area (Å²) >= 11 is 3.08. The molecule has 172 valence electrons. The standard InChI is InChI=1S/C22H26N2O6S2/c1-15-20(18-14-31-21(24-18)16-3-5-17(6-4-16)22(25)26)32-19(23-15)13-30-12-11-29-10-9-28-8-7-27-2/h3-6,14H,7-13H2,1-2H3,(H,25,26). The van der Waals surface area contributed by atoms with Crippen LogP contribution in [0.25, 0.3) is 21.1 Å². The normalized spacial score (nSPS) is 11.2. The van der Waals surface area contributed by atoms with Crippen molar-refractivity contribution in [3.05, 3.63) is 45.9 Å². The van der Waals surface area contributed by atoms with Crippen molar-refractivity contribution in [1.82, 2.24) is 9.97 Å². The van der Waals surface area contributed by atoms with Gasteiger partial charge in [0, 0.05) is 18.1 Å². The molecule has 0 amide bonds. The van der Waals surface area contributed by atoms with Crippen molar-refractivity contribution in [1.29, 1.82) is 0 Å². The summed E-state index contributed by atoms with van der Waals surface area (Å²) in [6.07, 6.45) is 0. The number of rotatable bonds is 14. The van der Waals surface area contributed by atoms with Gasteiger partial charge in [0.15, 0.2) is 0 Å². The number of carbonyl (C=O) groups is 1. The molecule has 0 spiro atoms. The van der Waals surface area contributed by atoms with Gasteiger partial charge in [0.25, 0.3) is 0 Å². The number of aromatic nitrogens is 2. The molecule has 1 N–H and O–H groups in total. The van der Waals surface area contributed by atoms with Crippen LogP contribution in [0.15, 0.2) is 29.6 Å². The zero-order valence-electron chi connectivity index (χ0n) is 18.0. The molecular formula is C22H26N2O6S2. The van der Waals surface area contributed by atoms with Gasteiger partial charge in [-0.3, -0.25) is 0 Å². The highest BCUT2D eigenvalue weighted by atomic mass is 32.1. The number of carboxylic acid groups (broad SMARTS) is 1. The first-order valence-electron chi connectivity index (χ1n) is 10.1. The van der Waals surface area contributed by atoms with Gasteiger partial charge in [0.2, 0.25) is 0 Å². The molecule has 0 aliphatic rings. The molecule has 0 aliphatic heterocycles. The third kappa shape index (κ3) is 7.16. The van der Waals surface area contributed by atoms with E-state index in [0.717, 1.165) is 31.8 Å². The van der Waals surface area contributed by atoms with E-state index >= 15 is 0 Å². The van der Waals surface area contributed by atoms with Crippen LogP contribution in [0.3, 0.4) is 0 Å². The van der Waals surface area contributed by atoms with Gasteiger partial charge < -0.3 is 24.1 Å². The fourth-order valence-electron chi connectivity index (χ4n) is 2.76. The van der Waals surface area contributed by atoms with Gasteiger partial charge in [-0.15, -0.1) is 22.7 Å². The Morgan fingerprint density at radius 1 is 0.969 bits per heavy atom. The second-order valence-corrected chi connectivity index (χ2v) is 8.65. The van der Waals surface area contributed by atoms with Crippen LogP contribution in [-0.4, -0.2) is 67.8 Å². The average molecular weight is 479 g/mol. The van der Waals surface area contributed by atoms with Crippen molar-refractivity contribution in [2.75, 3.05) is 46.8 Å². The summed E-state index contributed by atoms with van der Waals surface area (Å²) in [4.78, 5) is 21.3. The molecular weight excluding hydrogens is 452 g/mol. The molecule has 2 heterocycles. The smallest absolute Gasteiger partial charge is 0.335 e. The van der Waals surface area contributed by atoms with E-state index in [-0.39, 0.29) is 5.56 Å². The number of hydrogen-bond acceptors (Lipinski definition) is 9. The molecule has 0 fully saturated rings. The van der Waals surface area contributed by atoms with Crippen LogP contribution in [0.1, 0.15) is 21.1 Å². The van der Waals surface area contributed by atoms with Gasteiger partial charge in [-0.1, -0.05) is 12.1 Å². The highest BCUT2D eigenvalue weighted by Crippen LogP contribution is 2.34. The van der Waals surface area contributed by atoms with Crippen molar-refractivity contribution >= 4 is 28.6 Å². The summed E-state index contributed by atoms with van der Waals surface area (Å²) in [7, 11) is 1.64. The van der Waals surface area contributed by atoms with E-state index in [1.54, 1.807) is 42.7 Å². The Kier molecular flexibility index (Phi) is 9.72. The van der Waals surface area contributed by atoms with Crippen LogP contribution in [0.2, 0.25) is 0 Å². The predicted octanol–water partition coefficient (Wildman–Crippen LogP) is 4.14. The fraction of sp³-hybridized carbons (Fsp3) is 0.409. The monoisotopic (exact) mass is 478 g/mol. The number of nitrogens with zero attached hydrogens (tertiary/aromatic N) is 2. The molecule has 0 aliphatic carbocycles. The van der Waals surface area contributed by atoms with Crippen LogP contribution in [0, 0.1) is 6.92 Å². The summed E-state index contributed by atoms with van der Waals surface area (Å²) < 4.78 is 21.4. The van der Waals surface area contributed by atoms with Crippen LogP contribution in [0.5, 0.6) is 0 Å². The predicted molar refractivity (Wildman–Crippen MR) is 124 cm³/mol. The number of thiazole rings is 2. The second kappa shape index (κ2) is 12.7. The maximum atomic E-state index is 11.0. The summed E-state index contributed by atoms with van der Waals surface area (Å²) in [5.41, 5.74) is 2.93. The summed E-state index contributed by atoms with van der Waals surface area (Å²) in [6, 6.07) is 6.73. The Bertz CT molecular complexity index is 987. The summed E-state index contributed by atoms with van der Waals surface area (Å²) in [6.45, 7) is 5.59. The van der Waals surface area contributed by atoms with Crippen molar-refractivity contribution in [2.24, 2.45) is 0 Å². The largest absolute Gasteiger partial charge is 0.478 e. The third-order valence-electron chi connectivity index (χ3n) is 4.36. The number of methoxy groups -OCH3 is 1. The van der Waals surface area contributed by atoms with E-state index in [1.165, 1.54) is 11.3 Å². The Labute approximate surface area is 194 Å². The van der Waals surface area contributed by atoms with Crippen molar-refractivity contribution < 1.29 is 28.8 Å². The molecule has 0 unspecified atom stereocenters. The number of ether oxygens (including phenoxy) is 4. The molecule has 1 aromatic carbocycles. The van der Waals surface area contributed by atoms with Crippen molar-refractivity contribution in [3.63, 3.8) is 0 Å². The molecule has 8 nitrogen and oxygen atoms in total. The Morgan fingerprint density at radius 2 is 1.62 bits per heavy atom. The van der Waals surface area contributed by atoms with E-state index in [9.17, 15) is 4.79 Å². The molecule has 2 aromatic heterocycles. The fourth-order valence-corrected chi connectivity index (χ4v) is 4.61. The first-order valence-corrected chi connectivity index (χ1v) is 11.8. The van der Waals surface area contributed by atoms with Gasteiger partial charge in [-0.25, -0.2) is 14.8 Å². The lowest BCUT2D eigenvalue weighted by Crippen LogP contribution is -2.11. The molecule has 0 bridgehead atoms. The number of hydrogen-bond donors (Lipinski definition) is 1. The van der Waals surface area contributed by atoms with Gasteiger partial charge in [-0.2, -0.15) is 0 Å². The molecule has 10 heteroatoms. The second-order valence-electron chi connectivity index (χ2n) is 6.71. The Hall–Kier alpha value is -2.21. The van der Waals surface area contributed by atoms with Crippen LogP contribution >= 0.6 is 22.7 Å². The van der Waals surface area contributed by atoms with Crippen LogP contribution < -0.4 is 0 Å². The topological polar surface area (TPSA) is 100 Å². The molecule has 32 heavy (non-hydrogen) atoms. The van der Waals surface area contributed by atoms with Gasteiger partial charge in [-0.05, 0) is 19.1 Å². The molecule has 0 saturated heterocycles. The highest BCUT2D eigenvalue weighted by Gasteiger charge is 2.14. The SMILES string of the molecule is COCCOCCOCCOCc1nc(C)c(-c2csc(-c3ccc(C(=O)O)cc3)n2)s1. The number of carboxylic acids is 1. The number of aromatic carboxylic acids is 1. The third-order valence-corrected chi connectivity index (χ3v) is 6.40. The Morgan fingerprint density at radius 3 is 2.28 bits per heavy atom. The van der Waals surface area contributed by atoms with Gasteiger partial charge in [0.05, 0.1) is 68.1 Å². The quantitative estimate of drug-likeness (QED) is 0.345. The van der Waals surface area contributed by atoms with Gasteiger partial charge >= 0.3 is 5.97 Å². The first kappa shape index (κ1) is 24.4. The molecule has 0 atom stereocenters. The zero-order valence-corrected chi connectivity index (χ0v) is 19.7. The molecule has 3 rings (SSSR count). The van der Waals surface area contributed by atoms with Gasteiger partial charge in [0.1, 0.15) is 10.0 Å². The van der Waals surface area contributed by atoms with E-state index in [2.05, 4.69) is 4.98 Å².